The number of carbonyl (C=O) groups is 1. The lowest BCUT2D eigenvalue weighted by molar-refractivity contribution is -0.119. The van der Waals surface area contributed by atoms with Gasteiger partial charge >= 0.3 is 0 Å². The van der Waals surface area contributed by atoms with E-state index in [-0.39, 0.29) is 5.78 Å². The normalized spacial score (nSPS) is 17.2. The van der Waals surface area contributed by atoms with Gasteiger partial charge in [0.15, 0.2) is 0 Å². The van der Waals surface area contributed by atoms with Gasteiger partial charge in [-0.15, -0.1) is 0 Å². The summed E-state index contributed by atoms with van der Waals surface area (Å²) in [6.07, 6.45) is 1.08. The van der Waals surface area contributed by atoms with E-state index in [4.69, 9.17) is 0 Å². The number of halogens is 1. The lowest BCUT2D eigenvalue weighted by atomic mass is 10.1. The molecule has 0 aromatic carbocycles. The molecule has 1 aromatic heterocycles. The van der Waals surface area contributed by atoms with Crippen molar-refractivity contribution in [1.82, 2.24) is 4.98 Å². The third-order valence-electron chi connectivity index (χ3n) is 2.35. The van der Waals surface area contributed by atoms with E-state index in [0.29, 0.717) is 31.7 Å². The molecule has 1 aromatic rings. The van der Waals surface area contributed by atoms with Gasteiger partial charge in [0.2, 0.25) is 5.95 Å². The fourth-order valence-electron chi connectivity index (χ4n) is 1.56. The summed E-state index contributed by atoms with van der Waals surface area (Å²) in [5.74, 6) is 0.426. The Morgan fingerprint density at radius 3 is 2.64 bits per heavy atom. The van der Waals surface area contributed by atoms with Crippen LogP contribution in [0, 0.1) is 5.95 Å². The fourth-order valence-corrected chi connectivity index (χ4v) is 1.56. The zero-order valence-electron chi connectivity index (χ0n) is 7.74. The number of hydrogen-bond acceptors (Lipinski definition) is 3. The van der Waals surface area contributed by atoms with E-state index < -0.39 is 5.95 Å². The van der Waals surface area contributed by atoms with Crippen LogP contribution >= 0.6 is 0 Å². The number of anilines is 1. The molecule has 0 saturated carbocycles. The van der Waals surface area contributed by atoms with E-state index in [1.54, 1.807) is 12.1 Å². The molecule has 2 heterocycles. The number of nitrogens with zero attached hydrogens (tertiary/aromatic N) is 2. The van der Waals surface area contributed by atoms with Crippen LogP contribution in [-0.2, 0) is 4.79 Å². The van der Waals surface area contributed by atoms with Crippen LogP contribution in [0.25, 0.3) is 0 Å². The number of aromatic nitrogens is 1. The lowest BCUT2D eigenvalue weighted by Crippen LogP contribution is -2.34. The minimum Gasteiger partial charge on any atom is -0.356 e. The molecule has 4 heteroatoms. The maximum absolute atomic E-state index is 12.8. The third-order valence-corrected chi connectivity index (χ3v) is 2.35. The molecular weight excluding hydrogens is 183 g/mol. The molecule has 1 aliphatic heterocycles. The number of hydrogen-bond donors (Lipinski definition) is 0. The molecule has 2 rings (SSSR count). The van der Waals surface area contributed by atoms with Gasteiger partial charge in [-0.05, 0) is 12.1 Å². The SMILES string of the molecule is O=C1CCN(c2cccc(F)n2)CC1. The highest BCUT2D eigenvalue weighted by Crippen LogP contribution is 2.15. The summed E-state index contributed by atoms with van der Waals surface area (Å²) in [6.45, 7) is 1.30. The van der Waals surface area contributed by atoms with Crippen molar-refractivity contribution in [3.8, 4) is 0 Å². The van der Waals surface area contributed by atoms with Crippen LogP contribution in [0.4, 0.5) is 10.2 Å². The van der Waals surface area contributed by atoms with Crippen LogP contribution in [0.5, 0.6) is 0 Å². The van der Waals surface area contributed by atoms with Gasteiger partial charge in [0.25, 0.3) is 0 Å². The van der Waals surface area contributed by atoms with Crippen molar-refractivity contribution < 1.29 is 9.18 Å². The predicted molar refractivity (Wildman–Crippen MR) is 50.6 cm³/mol. The van der Waals surface area contributed by atoms with Crippen LogP contribution in [0.1, 0.15) is 12.8 Å². The number of ketones is 1. The summed E-state index contributed by atoms with van der Waals surface area (Å²) < 4.78 is 12.8. The van der Waals surface area contributed by atoms with Gasteiger partial charge in [0.05, 0.1) is 0 Å². The number of carbonyl (C=O) groups excluding carboxylic acids is 1. The van der Waals surface area contributed by atoms with Gasteiger partial charge in [-0.3, -0.25) is 4.79 Å². The van der Waals surface area contributed by atoms with E-state index in [1.807, 2.05) is 4.90 Å². The van der Waals surface area contributed by atoms with E-state index in [2.05, 4.69) is 4.98 Å². The molecule has 0 unspecified atom stereocenters. The van der Waals surface area contributed by atoms with Crippen molar-refractivity contribution in [1.29, 1.82) is 0 Å². The quantitative estimate of drug-likeness (QED) is 0.633. The van der Waals surface area contributed by atoms with Gasteiger partial charge in [-0.25, -0.2) is 4.98 Å². The average molecular weight is 194 g/mol. The molecular formula is C10H11FN2O. The van der Waals surface area contributed by atoms with Gasteiger partial charge in [0.1, 0.15) is 11.6 Å². The van der Waals surface area contributed by atoms with Crippen molar-refractivity contribution >= 4 is 11.6 Å². The van der Waals surface area contributed by atoms with Crippen LogP contribution in [0.2, 0.25) is 0 Å². The van der Waals surface area contributed by atoms with Crippen LogP contribution in [0.3, 0.4) is 0 Å². The van der Waals surface area contributed by atoms with E-state index in [0.717, 1.165) is 0 Å². The highest BCUT2D eigenvalue weighted by molar-refractivity contribution is 5.80. The molecule has 74 valence electrons. The molecule has 1 fully saturated rings. The van der Waals surface area contributed by atoms with Gasteiger partial charge < -0.3 is 4.90 Å². The Bertz CT molecular complexity index is 344. The maximum Gasteiger partial charge on any atom is 0.214 e. The fraction of sp³-hybridized carbons (Fsp3) is 0.400. The molecule has 0 N–H and O–H groups in total. The molecule has 0 atom stereocenters. The van der Waals surface area contributed by atoms with E-state index >= 15 is 0 Å². The van der Waals surface area contributed by atoms with Gasteiger partial charge in [-0.2, -0.15) is 4.39 Å². The summed E-state index contributed by atoms with van der Waals surface area (Å²) in [5.41, 5.74) is 0. The molecule has 1 saturated heterocycles. The monoisotopic (exact) mass is 194 g/mol. The first-order chi connectivity index (χ1) is 6.75. The Morgan fingerprint density at radius 1 is 1.29 bits per heavy atom. The van der Waals surface area contributed by atoms with Crippen molar-refractivity contribution in [3.05, 3.63) is 24.1 Å². The Hall–Kier alpha value is -1.45. The van der Waals surface area contributed by atoms with Crippen molar-refractivity contribution in [2.75, 3.05) is 18.0 Å². The molecule has 0 radical (unpaired) electrons. The van der Waals surface area contributed by atoms with Crippen LogP contribution < -0.4 is 4.90 Å². The molecule has 3 nitrogen and oxygen atoms in total. The Balaban J connectivity index is 2.12. The molecule has 0 bridgehead atoms. The first-order valence-corrected chi connectivity index (χ1v) is 4.65. The highest BCUT2D eigenvalue weighted by Gasteiger charge is 2.17. The number of pyridine rings is 1. The predicted octanol–water partition coefficient (Wildman–Crippen LogP) is 1.39. The largest absolute Gasteiger partial charge is 0.356 e. The second kappa shape index (κ2) is 3.74. The zero-order valence-corrected chi connectivity index (χ0v) is 7.74. The molecule has 0 spiro atoms. The third kappa shape index (κ3) is 1.89. The van der Waals surface area contributed by atoms with Crippen molar-refractivity contribution in [2.24, 2.45) is 0 Å². The first-order valence-electron chi connectivity index (χ1n) is 4.65. The lowest BCUT2D eigenvalue weighted by Gasteiger charge is -2.26. The molecule has 14 heavy (non-hydrogen) atoms. The molecule has 0 aliphatic carbocycles. The maximum atomic E-state index is 12.8. The topological polar surface area (TPSA) is 33.2 Å². The van der Waals surface area contributed by atoms with Crippen LogP contribution in [0.15, 0.2) is 18.2 Å². The van der Waals surface area contributed by atoms with E-state index in [1.165, 1.54) is 6.07 Å². The molecule has 1 aliphatic rings. The summed E-state index contributed by atoms with van der Waals surface area (Å²) in [4.78, 5) is 16.7. The Morgan fingerprint density at radius 2 is 2.00 bits per heavy atom. The van der Waals surface area contributed by atoms with Crippen LogP contribution in [-0.4, -0.2) is 23.9 Å². The average Bonchev–Trinajstić information content (AvgIpc) is 2.19. The number of Topliss-reactive ketones (excluding diaryl/α,β-unsaturated/α-hetero) is 1. The number of piperidine rings is 1. The Kier molecular flexibility index (Phi) is 2.43. The smallest absolute Gasteiger partial charge is 0.214 e. The van der Waals surface area contributed by atoms with Gasteiger partial charge in [0, 0.05) is 25.9 Å². The van der Waals surface area contributed by atoms with Gasteiger partial charge in [-0.1, -0.05) is 6.07 Å². The summed E-state index contributed by atoms with van der Waals surface area (Å²) in [6, 6.07) is 4.71. The highest BCUT2D eigenvalue weighted by atomic mass is 19.1. The van der Waals surface area contributed by atoms with Crippen molar-refractivity contribution in [3.63, 3.8) is 0 Å². The standard InChI is InChI=1S/C10H11FN2O/c11-9-2-1-3-10(12-9)13-6-4-8(14)5-7-13/h1-3H,4-7H2. The minimum absolute atomic E-state index is 0.276. The van der Waals surface area contributed by atoms with E-state index in [9.17, 15) is 9.18 Å². The Labute approximate surface area is 81.6 Å². The second-order valence-electron chi connectivity index (χ2n) is 3.34. The summed E-state index contributed by atoms with van der Waals surface area (Å²) in [5, 5.41) is 0. The van der Waals surface area contributed by atoms with Crippen molar-refractivity contribution in [2.45, 2.75) is 12.8 Å². The first kappa shape index (κ1) is 9.12. The second-order valence-corrected chi connectivity index (χ2v) is 3.34. The summed E-state index contributed by atoms with van der Waals surface area (Å²) >= 11 is 0. The molecule has 0 amide bonds. The zero-order chi connectivity index (χ0) is 9.97. The number of rotatable bonds is 1. The summed E-state index contributed by atoms with van der Waals surface area (Å²) in [7, 11) is 0. The minimum atomic E-state index is -0.473.